The Labute approximate surface area is 99.9 Å². The van der Waals surface area contributed by atoms with Gasteiger partial charge in [-0.2, -0.15) is 0 Å². The molecule has 0 fully saturated rings. The Kier molecular flexibility index (Phi) is 2.21. The van der Waals surface area contributed by atoms with E-state index in [0.29, 0.717) is 5.46 Å². The van der Waals surface area contributed by atoms with Gasteiger partial charge in [-0.05, 0) is 23.0 Å². The van der Waals surface area contributed by atoms with Crippen LogP contribution in [0.15, 0.2) is 42.5 Å². The predicted molar refractivity (Wildman–Crippen MR) is 73.4 cm³/mol. The quantitative estimate of drug-likeness (QED) is 0.631. The van der Waals surface area contributed by atoms with Gasteiger partial charge in [-0.25, -0.2) is 0 Å². The molecule has 3 aromatic rings. The molecular weight excluding hydrogens is 219 g/mol. The zero-order chi connectivity index (χ0) is 11.1. The van der Waals surface area contributed by atoms with Crippen LogP contribution in [0.25, 0.3) is 20.2 Å². The Balaban J connectivity index is 0.000000810. The highest BCUT2D eigenvalue weighted by Gasteiger charge is 2.12. The molecule has 2 N–H and O–H groups in total. The molecule has 2 nitrogen and oxygen atoms in total. The fourth-order valence-corrected chi connectivity index (χ4v) is 2.99. The Morgan fingerprint density at radius 2 is 1.69 bits per heavy atom. The van der Waals surface area contributed by atoms with E-state index in [0.717, 1.165) is 5.39 Å². The summed E-state index contributed by atoms with van der Waals surface area (Å²) in [4.78, 5) is 0. The van der Waals surface area contributed by atoms with Crippen molar-refractivity contribution in [1.29, 1.82) is 0 Å². The van der Waals surface area contributed by atoms with E-state index in [2.05, 4.69) is 12.1 Å². The van der Waals surface area contributed by atoms with Gasteiger partial charge in [-0.3, -0.25) is 0 Å². The fourth-order valence-electron chi connectivity index (χ4n) is 1.90. The minimum Gasteiger partial charge on any atom is -0.423 e. The normalized spacial score (nSPS) is 11.1. The Bertz CT molecular complexity index is 669. The lowest BCUT2D eigenvalue weighted by atomic mass is 9.80. The van der Waals surface area contributed by atoms with Crippen LogP contribution >= 0.6 is 11.3 Å². The van der Waals surface area contributed by atoms with Gasteiger partial charge in [0.2, 0.25) is 0 Å². The molecule has 0 atom stereocenters. The summed E-state index contributed by atoms with van der Waals surface area (Å²) in [5.41, 5.74) is 0.538. The second kappa shape index (κ2) is 3.59. The molecule has 0 radical (unpaired) electrons. The largest absolute Gasteiger partial charge is 0.488 e. The van der Waals surface area contributed by atoms with Crippen molar-refractivity contribution < 1.29 is 12.9 Å². The van der Waals surface area contributed by atoms with Crippen molar-refractivity contribution in [3.05, 3.63) is 42.5 Å². The first-order valence-electron chi connectivity index (χ1n) is 5.03. The molecule has 82 valence electrons. The van der Waals surface area contributed by atoms with Crippen molar-refractivity contribution in [1.82, 2.24) is 0 Å². The summed E-state index contributed by atoms with van der Waals surface area (Å²) in [6.07, 6.45) is 0. The van der Waals surface area contributed by atoms with Gasteiger partial charge in [0.05, 0.1) is 0 Å². The molecule has 0 unspecified atom stereocenters. The van der Waals surface area contributed by atoms with Gasteiger partial charge in [0.25, 0.3) is 0 Å². The number of benzene rings is 2. The number of hydrogen-bond acceptors (Lipinski definition) is 3. The zero-order valence-electron chi connectivity index (χ0n) is 8.42. The van der Waals surface area contributed by atoms with Gasteiger partial charge in [-0.15, -0.1) is 11.3 Å². The van der Waals surface area contributed by atoms with Crippen LogP contribution in [0.1, 0.15) is 2.85 Å². The van der Waals surface area contributed by atoms with E-state index in [-0.39, 0.29) is 2.85 Å². The van der Waals surface area contributed by atoms with Crippen molar-refractivity contribution in [3.63, 3.8) is 0 Å². The van der Waals surface area contributed by atoms with Crippen molar-refractivity contribution in [2.75, 3.05) is 0 Å². The summed E-state index contributed by atoms with van der Waals surface area (Å²) in [7, 11) is -1.40. The number of rotatable bonds is 1. The number of fused-ring (bicyclic) bond motifs is 3. The first kappa shape index (κ1) is 9.84. The molecule has 0 aliphatic heterocycles. The van der Waals surface area contributed by atoms with Crippen molar-refractivity contribution in [2.24, 2.45) is 0 Å². The van der Waals surface area contributed by atoms with E-state index >= 15 is 0 Å². The van der Waals surface area contributed by atoms with Crippen LogP contribution in [-0.4, -0.2) is 17.2 Å². The van der Waals surface area contributed by atoms with Gasteiger partial charge < -0.3 is 10.0 Å². The molecular formula is C12H13BO2S. The Hall–Kier alpha value is -1.36. The van der Waals surface area contributed by atoms with E-state index in [1.807, 2.05) is 24.3 Å². The summed E-state index contributed by atoms with van der Waals surface area (Å²) in [6, 6.07) is 13.7. The second-order valence-electron chi connectivity index (χ2n) is 3.73. The van der Waals surface area contributed by atoms with Crippen LogP contribution in [0.2, 0.25) is 0 Å². The SMILES string of the molecule is OB(O)c1ccc2sc3ccccc3c2c1.[HH].[HH]. The van der Waals surface area contributed by atoms with E-state index in [4.69, 9.17) is 10.0 Å². The molecule has 0 aliphatic rings. The third-order valence-electron chi connectivity index (χ3n) is 2.70. The third-order valence-corrected chi connectivity index (χ3v) is 3.85. The van der Waals surface area contributed by atoms with Gasteiger partial charge in [-0.1, -0.05) is 30.3 Å². The predicted octanol–water partition coefficient (Wildman–Crippen LogP) is 2.23. The Morgan fingerprint density at radius 1 is 0.938 bits per heavy atom. The van der Waals surface area contributed by atoms with Gasteiger partial charge in [0.15, 0.2) is 0 Å². The summed E-state index contributed by atoms with van der Waals surface area (Å²) in [5, 5.41) is 20.6. The van der Waals surface area contributed by atoms with Crippen LogP contribution < -0.4 is 5.46 Å². The molecule has 2 aromatic carbocycles. The molecule has 1 aromatic heterocycles. The maximum Gasteiger partial charge on any atom is 0.488 e. The van der Waals surface area contributed by atoms with Gasteiger partial charge in [0.1, 0.15) is 0 Å². The summed E-state index contributed by atoms with van der Waals surface area (Å²) < 4.78 is 2.40. The number of thiophene rings is 1. The topological polar surface area (TPSA) is 40.5 Å². The van der Waals surface area contributed by atoms with Crippen LogP contribution in [0.3, 0.4) is 0 Å². The van der Waals surface area contributed by atoms with E-state index in [1.54, 1.807) is 17.4 Å². The second-order valence-corrected chi connectivity index (χ2v) is 4.81. The molecule has 0 saturated heterocycles. The average molecular weight is 232 g/mol. The van der Waals surface area contributed by atoms with Crippen molar-refractivity contribution in [3.8, 4) is 0 Å². The van der Waals surface area contributed by atoms with E-state index in [1.165, 1.54) is 14.8 Å². The maximum absolute atomic E-state index is 9.15. The minimum atomic E-state index is -1.40. The van der Waals surface area contributed by atoms with Crippen LogP contribution in [0.4, 0.5) is 0 Å². The highest BCUT2D eigenvalue weighted by atomic mass is 32.1. The lowest BCUT2D eigenvalue weighted by Gasteiger charge is -1.98. The molecule has 4 heteroatoms. The van der Waals surface area contributed by atoms with Crippen LogP contribution in [-0.2, 0) is 0 Å². The molecule has 0 amide bonds. The average Bonchev–Trinajstić information content (AvgIpc) is 2.66. The molecule has 16 heavy (non-hydrogen) atoms. The van der Waals surface area contributed by atoms with Crippen molar-refractivity contribution in [2.45, 2.75) is 0 Å². The molecule has 1 heterocycles. The lowest BCUT2D eigenvalue weighted by molar-refractivity contribution is 0.426. The first-order chi connectivity index (χ1) is 7.75. The monoisotopic (exact) mass is 232 g/mol. The lowest BCUT2D eigenvalue weighted by Crippen LogP contribution is -2.29. The summed E-state index contributed by atoms with van der Waals surface area (Å²) >= 11 is 1.72. The van der Waals surface area contributed by atoms with E-state index in [9.17, 15) is 0 Å². The molecule has 0 spiro atoms. The molecule has 3 rings (SSSR count). The van der Waals surface area contributed by atoms with Gasteiger partial charge >= 0.3 is 7.12 Å². The number of hydrogen-bond donors (Lipinski definition) is 2. The minimum absolute atomic E-state index is 0. The standard InChI is InChI=1S/C12H9BO2S.2H2/c14-13(15)8-5-6-12-10(7-8)9-3-1-2-4-11(9)16-12;;/h1-7,14-15H;2*1H. The highest BCUT2D eigenvalue weighted by Crippen LogP contribution is 2.32. The van der Waals surface area contributed by atoms with Crippen LogP contribution in [0.5, 0.6) is 0 Å². The maximum atomic E-state index is 9.15. The smallest absolute Gasteiger partial charge is 0.423 e. The molecule has 0 aliphatic carbocycles. The third kappa shape index (κ3) is 1.43. The Morgan fingerprint density at radius 3 is 2.50 bits per heavy atom. The highest BCUT2D eigenvalue weighted by molar-refractivity contribution is 7.25. The summed E-state index contributed by atoms with van der Waals surface area (Å²) in [6.45, 7) is 0. The first-order valence-corrected chi connectivity index (χ1v) is 5.85. The fraction of sp³-hybridized carbons (Fsp3) is 0. The van der Waals surface area contributed by atoms with E-state index < -0.39 is 7.12 Å². The molecule has 0 saturated carbocycles. The zero-order valence-corrected chi connectivity index (χ0v) is 9.24. The van der Waals surface area contributed by atoms with Gasteiger partial charge in [0, 0.05) is 17.6 Å². The van der Waals surface area contributed by atoms with Crippen molar-refractivity contribution >= 4 is 44.1 Å². The van der Waals surface area contributed by atoms with Crippen LogP contribution in [0, 0.1) is 0 Å². The molecule has 0 bridgehead atoms. The summed E-state index contributed by atoms with van der Waals surface area (Å²) in [5.74, 6) is 0.